The van der Waals surface area contributed by atoms with Gasteiger partial charge in [0.2, 0.25) is 10.1 Å². The summed E-state index contributed by atoms with van der Waals surface area (Å²) in [5, 5.41) is 2.21. The molecule has 2 aliphatic rings. The fraction of sp³-hybridized carbons (Fsp3) is 0.667. The molecule has 17 heavy (non-hydrogen) atoms. The van der Waals surface area contributed by atoms with Gasteiger partial charge in [-0.2, -0.15) is 0 Å². The molecule has 1 N–H and O–H groups in total. The van der Waals surface area contributed by atoms with Gasteiger partial charge >= 0.3 is 6.09 Å². The molecule has 0 aromatic carbocycles. The molecule has 3 amide bonds. The Bertz CT molecular complexity index is 400. The zero-order chi connectivity index (χ0) is 12.8. The molecule has 0 atom stereocenters. The Morgan fingerprint density at radius 2 is 2.00 bits per heavy atom. The van der Waals surface area contributed by atoms with Crippen LogP contribution in [-0.2, 0) is 14.3 Å². The number of hydrogen-bond acceptors (Lipinski definition) is 6. The van der Waals surface area contributed by atoms with Gasteiger partial charge in [0.15, 0.2) is 0 Å². The van der Waals surface area contributed by atoms with Crippen LogP contribution < -0.4 is 5.32 Å². The van der Waals surface area contributed by atoms with Gasteiger partial charge in [0, 0.05) is 0 Å². The number of hydrogen-bond donors (Lipinski definition) is 1. The van der Waals surface area contributed by atoms with Gasteiger partial charge in [-0.3, -0.25) is 19.8 Å². The van der Waals surface area contributed by atoms with Gasteiger partial charge in [-0.25, -0.2) is 4.79 Å². The fourth-order valence-electron chi connectivity index (χ4n) is 1.32. The molecule has 0 radical (unpaired) electrons. The van der Waals surface area contributed by atoms with Crippen LogP contribution in [0.3, 0.4) is 0 Å². The summed E-state index contributed by atoms with van der Waals surface area (Å²) in [6.45, 7) is 5.05. The van der Waals surface area contributed by atoms with Gasteiger partial charge < -0.3 is 4.74 Å². The maximum Gasteiger partial charge on any atom is 0.413 e. The van der Waals surface area contributed by atoms with Crippen LogP contribution in [0.15, 0.2) is 0 Å². The average Bonchev–Trinajstić information content (AvgIpc) is 2.90. The van der Waals surface area contributed by atoms with Crippen molar-refractivity contribution >= 4 is 39.5 Å². The molecule has 94 valence electrons. The molecule has 0 aliphatic carbocycles. The van der Waals surface area contributed by atoms with E-state index in [1.807, 2.05) is 0 Å². The van der Waals surface area contributed by atoms with Crippen LogP contribution >= 0.6 is 21.6 Å². The van der Waals surface area contributed by atoms with E-state index in [0.717, 1.165) is 0 Å². The van der Waals surface area contributed by atoms with E-state index < -0.39 is 27.7 Å². The van der Waals surface area contributed by atoms with Crippen LogP contribution in [0.4, 0.5) is 4.79 Å². The van der Waals surface area contributed by atoms with Crippen LogP contribution in [0.25, 0.3) is 0 Å². The predicted molar refractivity (Wildman–Crippen MR) is 64.0 cm³/mol. The molecule has 2 fully saturated rings. The predicted octanol–water partition coefficient (Wildman–Crippen LogP) is 0.929. The lowest BCUT2D eigenvalue weighted by molar-refractivity contribution is -0.137. The van der Waals surface area contributed by atoms with Crippen LogP contribution in [0.2, 0.25) is 0 Å². The van der Waals surface area contributed by atoms with Crippen LogP contribution in [0.5, 0.6) is 0 Å². The summed E-state index contributed by atoms with van der Waals surface area (Å²) >= 11 is 0. The first-order valence-corrected chi connectivity index (χ1v) is 7.11. The molecule has 0 aromatic heterocycles. The van der Waals surface area contributed by atoms with E-state index in [-0.39, 0.29) is 6.54 Å². The van der Waals surface area contributed by atoms with Crippen molar-refractivity contribution in [2.45, 2.75) is 30.6 Å². The first kappa shape index (κ1) is 12.6. The van der Waals surface area contributed by atoms with Crippen molar-refractivity contribution in [3.8, 4) is 0 Å². The number of rotatable bonds is 0. The summed E-state index contributed by atoms with van der Waals surface area (Å²) in [4.78, 5) is 36.0. The lowest BCUT2D eigenvalue weighted by Gasteiger charge is -2.33. The topological polar surface area (TPSA) is 75.7 Å². The number of nitrogens with one attached hydrogen (secondary N) is 1. The van der Waals surface area contributed by atoms with Gasteiger partial charge in [0.1, 0.15) is 12.1 Å². The molecule has 2 saturated heterocycles. The molecule has 2 heterocycles. The van der Waals surface area contributed by atoms with Crippen molar-refractivity contribution in [3.63, 3.8) is 0 Å². The first-order chi connectivity index (χ1) is 7.74. The van der Waals surface area contributed by atoms with Crippen molar-refractivity contribution in [1.82, 2.24) is 10.2 Å². The molecule has 0 saturated carbocycles. The Morgan fingerprint density at radius 1 is 1.41 bits per heavy atom. The number of nitrogens with zero attached hydrogens (tertiary/aromatic N) is 1. The summed E-state index contributed by atoms with van der Waals surface area (Å²) in [5.41, 5.74) is -0.653. The lowest BCUT2D eigenvalue weighted by Crippen LogP contribution is -2.61. The third-order valence-corrected chi connectivity index (χ3v) is 4.79. The van der Waals surface area contributed by atoms with Crippen LogP contribution in [-0.4, -0.2) is 39.2 Å². The van der Waals surface area contributed by atoms with E-state index in [4.69, 9.17) is 4.74 Å². The number of amides is 3. The second-order valence-electron chi connectivity index (χ2n) is 4.69. The first-order valence-electron chi connectivity index (χ1n) is 4.96. The summed E-state index contributed by atoms with van der Waals surface area (Å²) in [5.74, 6) is -0.950. The summed E-state index contributed by atoms with van der Waals surface area (Å²) in [7, 11) is 2.48. The third kappa shape index (κ3) is 2.37. The van der Waals surface area contributed by atoms with Gasteiger partial charge in [-0.05, 0) is 42.4 Å². The number of imide groups is 1. The Hall–Kier alpha value is -0.890. The van der Waals surface area contributed by atoms with E-state index in [1.165, 1.54) is 26.5 Å². The average molecular weight is 276 g/mol. The number of carbonyl (C=O) groups excluding carboxylic acids is 3. The maximum atomic E-state index is 11.9. The molecular weight excluding hydrogens is 264 g/mol. The zero-order valence-corrected chi connectivity index (χ0v) is 11.2. The number of carbonyl (C=O) groups is 3. The highest BCUT2D eigenvalue weighted by Gasteiger charge is 2.64. The highest BCUT2D eigenvalue weighted by atomic mass is 33.2. The largest absolute Gasteiger partial charge is 0.444 e. The van der Waals surface area contributed by atoms with E-state index in [1.54, 1.807) is 20.8 Å². The normalized spacial score (nSPS) is 22.4. The van der Waals surface area contributed by atoms with E-state index >= 15 is 0 Å². The molecule has 0 bridgehead atoms. The van der Waals surface area contributed by atoms with Crippen LogP contribution in [0.1, 0.15) is 20.8 Å². The molecule has 6 nitrogen and oxygen atoms in total. The molecule has 1 spiro atoms. The highest BCUT2D eigenvalue weighted by Crippen LogP contribution is 2.67. The summed E-state index contributed by atoms with van der Waals surface area (Å²) in [6.07, 6.45) is -0.641. The SMILES string of the molecule is CC(C)(C)OC(=O)N1CC(=O)NC(=O)C12SS2. The minimum Gasteiger partial charge on any atom is -0.444 e. The quantitative estimate of drug-likeness (QED) is 0.403. The Morgan fingerprint density at radius 3 is 2.47 bits per heavy atom. The van der Waals surface area contributed by atoms with Crippen molar-refractivity contribution in [1.29, 1.82) is 0 Å². The smallest absolute Gasteiger partial charge is 0.413 e. The van der Waals surface area contributed by atoms with Crippen molar-refractivity contribution in [3.05, 3.63) is 0 Å². The molecular formula is C9H12N2O4S2. The third-order valence-electron chi connectivity index (χ3n) is 2.05. The lowest BCUT2D eigenvalue weighted by atomic mass is 10.2. The van der Waals surface area contributed by atoms with Crippen molar-refractivity contribution in [2.75, 3.05) is 6.54 Å². The van der Waals surface area contributed by atoms with Crippen molar-refractivity contribution < 1.29 is 19.1 Å². The monoisotopic (exact) mass is 276 g/mol. The Labute approximate surface area is 106 Å². The molecule has 2 rings (SSSR count). The highest BCUT2D eigenvalue weighted by molar-refractivity contribution is 8.94. The Balaban J connectivity index is 2.16. The number of ether oxygens (including phenoxy) is 1. The summed E-state index contributed by atoms with van der Waals surface area (Å²) in [6, 6.07) is 0. The molecule has 0 aromatic rings. The molecule has 8 heteroatoms. The number of piperazine rings is 1. The summed E-state index contributed by atoms with van der Waals surface area (Å²) < 4.78 is 4.17. The molecule has 0 unspecified atom stereocenters. The van der Waals surface area contributed by atoms with Gasteiger partial charge in [0.25, 0.3) is 5.91 Å². The van der Waals surface area contributed by atoms with E-state index in [9.17, 15) is 14.4 Å². The maximum absolute atomic E-state index is 11.9. The molecule has 2 aliphatic heterocycles. The van der Waals surface area contributed by atoms with Gasteiger partial charge in [-0.15, -0.1) is 0 Å². The van der Waals surface area contributed by atoms with Gasteiger partial charge in [0.05, 0.1) is 0 Å². The zero-order valence-electron chi connectivity index (χ0n) is 9.60. The standard InChI is InChI=1S/C9H12N2O4S2/c1-8(2,3)15-7(14)11-4-5(12)10-6(13)9(11)16-17-9/h4H2,1-3H3,(H,10,12,13). The Kier molecular flexibility index (Phi) is 2.81. The van der Waals surface area contributed by atoms with Crippen molar-refractivity contribution in [2.24, 2.45) is 0 Å². The minimum atomic E-state index is -1.00. The second-order valence-corrected chi connectivity index (χ2v) is 7.47. The minimum absolute atomic E-state index is 0.152. The van der Waals surface area contributed by atoms with Crippen LogP contribution in [0, 0.1) is 0 Å². The van der Waals surface area contributed by atoms with E-state index in [0.29, 0.717) is 0 Å². The van der Waals surface area contributed by atoms with E-state index in [2.05, 4.69) is 5.32 Å². The fourth-order valence-corrected chi connectivity index (χ4v) is 3.34. The second kappa shape index (κ2) is 3.81. The van der Waals surface area contributed by atoms with Gasteiger partial charge in [-0.1, -0.05) is 0 Å².